The highest BCUT2D eigenvalue weighted by molar-refractivity contribution is 5.99. The average molecular weight is 289 g/mol. The lowest BCUT2D eigenvalue weighted by Gasteiger charge is -2.08. The van der Waals surface area contributed by atoms with E-state index in [1.165, 1.54) is 72.1 Å². The highest BCUT2D eigenvalue weighted by Gasteiger charge is 2.03. The summed E-state index contributed by atoms with van der Waals surface area (Å²) in [5, 5.41) is 5.28. The molecule has 22 heavy (non-hydrogen) atoms. The summed E-state index contributed by atoms with van der Waals surface area (Å²) in [7, 11) is 0. The molecule has 113 valence electrons. The van der Waals surface area contributed by atoms with Gasteiger partial charge in [0, 0.05) is 0 Å². The van der Waals surface area contributed by atoms with Crippen molar-refractivity contribution in [3.05, 3.63) is 60.2 Å². The molecule has 0 aliphatic rings. The molecule has 0 amide bonds. The molecule has 0 saturated carbocycles. The fourth-order valence-corrected chi connectivity index (χ4v) is 3.27. The van der Waals surface area contributed by atoms with E-state index in [1.54, 1.807) is 0 Å². The number of hydrogen-bond acceptors (Lipinski definition) is 0. The molecule has 0 bridgehead atoms. The Morgan fingerprint density at radius 3 is 2.55 bits per heavy atom. The lowest BCUT2D eigenvalue weighted by Crippen LogP contribution is -1.89. The number of fused-ring (bicyclic) bond motifs is 2. The van der Waals surface area contributed by atoms with Crippen LogP contribution in [0.5, 0.6) is 0 Å². The van der Waals surface area contributed by atoms with Crippen molar-refractivity contribution in [2.75, 3.05) is 0 Å². The van der Waals surface area contributed by atoms with Crippen LogP contribution in [0.3, 0.4) is 0 Å². The van der Waals surface area contributed by atoms with Gasteiger partial charge in [-0.2, -0.15) is 0 Å². The van der Waals surface area contributed by atoms with Gasteiger partial charge in [0.25, 0.3) is 0 Å². The van der Waals surface area contributed by atoms with Crippen LogP contribution in [0.2, 0.25) is 0 Å². The molecule has 0 heteroatoms. The minimum atomic E-state index is 1.20. The summed E-state index contributed by atoms with van der Waals surface area (Å²) in [4.78, 5) is 0. The third-order valence-electron chi connectivity index (χ3n) is 4.55. The van der Waals surface area contributed by atoms with Crippen molar-refractivity contribution in [3.63, 3.8) is 0 Å². The molecule has 0 saturated heterocycles. The van der Waals surface area contributed by atoms with Gasteiger partial charge >= 0.3 is 0 Å². The van der Waals surface area contributed by atoms with Crippen LogP contribution in [0.15, 0.2) is 48.5 Å². The molecule has 0 aliphatic heterocycles. The van der Waals surface area contributed by atoms with Crippen molar-refractivity contribution in [1.29, 1.82) is 0 Å². The molecule has 0 aliphatic carbocycles. The fraction of sp³-hybridized carbons (Fsp3) is 0.364. The van der Waals surface area contributed by atoms with Gasteiger partial charge in [-0.3, -0.25) is 0 Å². The van der Waals surface area contributed by atoms with Crippen molar-refractivity contribution in [3.8, 4) is 0 Å². The zero-order valence-corrected chi connectivity index (χ0v) is 13.6. The molecule has 3 rings (SSSR count). The predicted molar refractivity (Wildman–Crippen MR) is 97.4 cm³/mol. The molecule has 0 heterocycles. The Morgan fingerprint density at radius 1 is 0.818 bits per heavy atom. The highest BCUT2D eigenvalue weighted by atomic mass is 14.1. The van der Waals surface area contributed by atoms with Crippen LogP contribution in [0.1, 0.15) is 51.0 Å². The highest BCUT2D eigenvalue weighted by Crippen LogP contribution is 2.26. The molecule has 0 aromatic heterocycles. The van der Waals surface area contributed by atoms with E-state index in [9.17, 15) is 0 Å². The van der Waals surface area contributed by atoms with Gasteiger partial charge < -0.3 is 0 Å². The average Bonchev–Trinajstić information content (AvgIpc) is 2.56. The summed E-state index contributed by atoms with van der Waals surface area (Å²) in [6, 6.07) is 20.9. The lowest BCUT2D eigenvalue weighted by atomic mass is 9.96. The van der Waals surface area contributed by atoms with Crippen molar-refractivity contribution in [1.82, 2.24) is 0 Å². The van der Waals surface area contributed by atoms with Crippen LogP contribution in [0.4, 0.5) is 0 Å². The molecule has 0 spiro atoms. The van der Waals surface area contributed by atoms with E-state index >= 15 is 0 Å². The second-order valence-electron chi connectivity index (χ2n) is 6.27. The van der Waals surface area contributed by atoms with Crippen LogP contribution in [-0.2, 0) is 6.42 Å². The van der Waals surface area contributed by atoms with Gasteiger partial charge in [-0.1, -0.05) is 75.4 Å². The summed E-state index contributed by atoms with van der Waals surface area (Å²) in [6.45, 7) is 2.28. The summed E-state index contributed by atoms with van der Waals surface area (Å²) in [5.74, 6) is 0. The Morgan fingerprint density at radius 2 is 1.64 bits per heavy atom. The van der Waals surface area contributed by atoms with E-state index in [1.807, 2.05) is 6.07 Å². The zero-order chi connectivity index (χ0) is 15.2. The van der Waals surface area contributed by atoms with E-state index in [2.05, 4.69) is 55.5 Å². The van der Waals surface area contributed by atoms with E-state index in [-0.39, 0.29) is 0 Å². The Balaban J connectivity index is 1.76. The molecular weight excluding hydrogens is 264 g/mol. The first-order chi connectivity index (χ1) is 10.9. The van der Waals surface area contributed by atoms with Gasteiger partial charge in [-0.25, -0.2) is 0 Å². The molecule has 1 radical (unpaired) electrons. The Hall–Kier alpha value is -1.82. The van der Waals surface area contributed by atoms with Crippen LogP contribution >= 0.6 is 0 Å². The molecule has 0 fully saturated rings. The molecule has 3 aromatic rings. The molecule has 3 aromatic carbocycles. The van der Waals surface area contributed by atoms with Gasteiger partial charge in [-0.05, 0) is 58.1 Å². The Bertz CT molecular complexity index is 739. The van der Waals surface area contributed by atoms with Gasteiger partial charge in [0.1, 0.15) is 0 Å². The van der Waals surface area contributed by atoms with E-state index in [0.717, 1.165) is 0 Å². The molecule has 0 atom stereocenters. The minimum absolute atomic E-state index is 1.20. The molecular formula is C22H25. The Labute approximate surface area is 134 Å². The first kappa shape index (κ1) is 15.1. The van der Waals surface area contributed by atoms with E-state index in [0.29, 0.717) is 0 Å². The number of hydrogen-bond donors (Lipinski definition) is 0. The molecule has 0 unspecified atom stereocenters. The first-order valence-electron chi connectivity index (χ1n) is 8.70. The fourth-order valence-electron chi connectivity index (χ4n) is 3.27. The first-order valence-corrected chi connectivity index (χ1v) is 8.70. The van der Waals surface area contributed by atoms with Gasteiger partial charge in [-0.15, -0.1) is 0 Å². The summed E-state index contributed by atoms with van der Waals surface area (Å²) < 4.78 is 0. The SMILES string of the molecule is CCCCCCCCc1cccc2cc3[c]cccc3cc12. The number of rotatable bonds is 7. The third-order valence-corrected chi connectivity index (χ3v) is 4.55. The van der Waals surface area contributed by atoms with Gasteiger partial charge in [0.05, 0.1) is 0 Å². The van der Waals surface area contributed by atoms with Crippen LogP contribution in [0.25, 0.3) is 21.5 Å². The summed E-state index contributed by atoms with van der Waals surface area (Å²) >= 11 is 0. The second-order valence-corrected chi connectivity index (χ2v) is 6.27. The monoisotopic (exact) mass is 289 g/mol. The molecule has 0 nitrogen and oxygen atoms in total. The predicted octanol–water partition coefficient (Wildman–Crippen LogP) is 6.70. The van der Waals surface area contributed by atoms with Crippen LogP contribution in [-0.4, -0.2) is 0 Å². The van der Waals surface area contributed by atoms with E-state index in [4.69, 9.17) is 0 Å². The normalized spacial score (nSPS) is 11.3. The maximum Gasteiger partial charge on any atom is -0.00988 e. The van der Waals surface area contributed by atoms with E-state index < -0.39 is 0 Å². The maximum atomic E-state index is 3.33. The molecule has 0 N–H and O–H groups in total. The van der Waals surface area contributed by atoms with Crippen molar-refractivity contribution >= 4 is 21.5 Å². The van der Waals surface area contributed by atoms with Gasteiger partial charge in [0.15, 0.2) is 0 Å². The zero-order valence-electron chi connectivity index (χ0n) is 13.6. The summed E-state index contributed by atoms with van der Waals surface area (Å²) in [6.07, 6.45) is 9.36. The quantitative estimate of drug-likeness (QED) is 0.335. The topological polar surface area (TPSA) is 0 Å². The number of unbranched alkanes of at least 4 members (excludes halogenated alkanes) is 5. The van der Waals surface area contributed by atoms with Crippen molar-refractivity contribution in [2.45, 2.75) is 51.9 Å². The van der Waals surface area contributed by atoms with Crippen molar-refractivity contribution < 1.29 is 0 Å². The maximum absolute atomic E-state index is 3.33. The lowest BCUT2D eigenvalue weighted by molar-refractivity contribution is 0.608. The third kappa shape index (κ3) is 3.50. The second kappa shape index (κ2) is 7.45. The number of benzene rings is 3. The van der Waals surface area contributed by atoms with Gasteiger partial charge in [0.2, 0.25) is 0 Å². The Kier molecular flexibility index (Phi) is 5.11. The summed E-state index contributed by atoms with van der Waals surface area (Å²) in [5.41, 5.74) is 1.50. The minimum Gasteiger partial charge on any atom is -0.0654 e. The van der Waals surface area contributed by atoms with Crippen molar-refractivity contribution in [2.24, 2.45) is 0 Å². The standard InChI is InChI=1S/C22H25/c1-2-3-4-5-6-7-11-18-14-10-15-21-16-19-12-8-9-13-20(19)17-22(18)21/h8-10,13-17H,2-7,11H2,1H3. The number of aryl methyl sites for hydroxylation is 1. The smallest absolute Gasteiger partial charge is 0.00988 e. The van der Waals surface area contributed by atoms with Crippen LogP contribution < -0.4 is 0 Å². The largest absolute Gasteiger partial charge is 0.0654 e. The van der Waals surface area contributed by atoms with Crippen LogP contribution in [0, 0.1) is 6.07 Å².